The van der Waals surface area contributed by atoms with E-state index >= 15 is 0 Å². The molecule has 1 saturated heterocycles. The fourth-order valence-corrected chi connectivity index (χ4v) is 5.09. The normalized spacial score (nSPS) is 14.3. The number of benzene rings is 2. The zero-order chi connectivity index (χ0) is 23.4. The number of hydrogen-bond donors (Lipinski definition) is 1. The zero-order valence-corrected chi connectivity index (χ0v) is 20.0. The van der Waals surface area contributed by atoms with Crippen LogP contribution in [0.4, 0.5) is 4.39 Å². The van der Waals surface area contributed by atoms with Gasteiger partial charge in [-0.1, -0.05) is 41.4 Å². The smallest absolute Gasteiger partial charge is 0.261 e. The molecule has 1 aromatic heterocycles. The number of hydrogen-bond acceptors (Lipinski definition) is 4. The van der Waals surface area contributed by atoms with Gasteiger partial charge < -0.3 is 10.2 Å². The Morgan fingerprint density at radius 2 is 1.76 bits per heavy atom. The van der Waals surface area contributed by atoms with Gasteiger partial charge in [-0.3, -0.25) is 14.5 Å². The number of nitrogens with zero attached hydrogens (tertiary/aromatic N) is 2. The molecule has 1 aliphatic rings. The second-order valence-electron chi connectivity index (χ2n) is 7.73. The third kappa shape index (κ3) is 5.92. The summed E-state index contributed by atoms with van der Waals surface area (Å²) in [6.45, 7) is 3.47. The van der Waals surface area contributed by atoms with Gasteiger partial charge in [-0.25, -0.2) is 4.39 Å². The van der Waals surface area contributed by atoms with E-state index in [0.717, 1.165) is 10.4 Å². The van der Waals surface area contributed by atoms with Crippen molar-refractivity contribution < 1.29 is 14.0 Å². The summed E-state index contributed by atoms with van der Waals surface area (Å²) < 4.78 is 13.9. The molecule has 0 saturated carbocycles. The maximum Gasteiger partial charge on any atom is 0.261 e. The number of carbonyl (C=O) groups is 2. The molecule has 9 heteroatoms. The van der Waals surface area contributed by atoms with Crippen molar-refractivity contribution >= 4 is 46.4 Å². The quantitative estimate of drug-likeness (QED) is 0.508. The lowest BCUT2D eigenvalue weighted by Crippen LogP contribution is -2.48. The van der Waals surface area contributed by atoms with Crippen molar-refractivity contribution in [2.45, 2.75) is 13.1 Å². The van der Waals surface area contributed by atoms with Crippen LogP contribution in [-0.4, -0.2) is 47.8 Å². The molecule has 1 aliphatic heterocycles. The first kappa shape index (κ1) is 23.7. The number of rotatable bonds is 6. The van der Waals surface area contributed by atoms with Gasteiger partial charge in [0.25, 0.3) is 11.8 Å². The van der Waals surface area contributed by atoms with E-state index in [1.165, 1.54) is 23.5 Å². The SMILES string of the molecule is O=C(NCc1ccc(Cl)cc1Cl)c1ccc(CN2CCN(C(=O)c3ccccc3F)CC2)s1. The van der Waals surface area contributed by atoms with Gasteiger partial charge in [-0.15, -0.1) is 11.3 Å². The lowest BCUT2D eigenvalue weighted by Gasteiger charge is -2.34. The molecule has 1 N–H and O–H groups in total. The average molecular weight is 506 g/mol. The van der Waals surface area contributed by atoms with E-state index in [1.54, 1.807) is 35.2 Å². The molecular formula is C24H22Cl2FN3O2S. The summed E-state index contributed by atoms with van der Waals surface area (Å²) in [5.74, 6) is -0.922. The van der Waals surface area contributed by atoms with E-state index in [9.17, 15) is 14.0 Å². The standard InChI is InChI=1S/C24H22Cl2FN3O2S/c25-17-6-5-16(20(26)13-17)14-28-23(31)22-8-7-18(33-22)15-29-9-11-30(12-10-29)24(32)19-3-1-2-4-21(19)27/h1-8,13H,9-12,14-15H2,(H,28,31). The Kier molecular flexibility index (Phi) is 7.65. The Hall–Kier alpha value is -2.45. The van der Waals surface area contributed by atoms with Crippen LogP contribution in [0.15, 0.2) is 54.6 Å². The van der Waals surface area contributed by atoms with Gasteiger partial charge in [-0.2, -0.15) is 0 Å². The molecular weight excluding hydrogens is 484 g/mol. The molecule has 4 rings (SSSR count). The third-order valence-electron chi connectivity index (χ3n) is 5.48. The minimum Gasteiger partial charge on any atom is -0.347 e. The highest BCUT2D eigenvalue weighted by Crippen LogP contribution is 2.22. The predicted molar refractivity (Wildman–Crippen MR) is 130 cm³/mol. The van der Waals surface area contributed by atoms with Gasteiger partial charge >= 0.3 is 0 Å². The molecule has 0 radical (unpaired) electrons. The molecule has 5 nitrogen and oxygen atoms in total. The predicted octanol–water partition coefficient (Wildman–Crippen LogP) is 5.08. The van der Waals surface area contributed by atoms with Crippen LogP contribution in [-0.2, 0) is 13.1 Å². The van der Waals surface area contributed by atoms with E-state index < -0.39 is 5.82 Å². The molecule has 0 bridgehead atoms. The lowest BCUT2D eigenvalue weighted by molar-refractivity contribution is 0.0625. The number of halogens is 3. The molecule has 2 amide bonds. The van der Waals surface area contributed by atoms with Crippen LogP contribution in [0.25, 0.3) is 0 Å². The molecule has 0 unspecified atom stereocenters. The van der Waals surface area contributed by atoms with Crippen molar-refractivity contribution in [3.05, 3.63) is 91.3 Å². The first-order valence-corrected chi connectivity index (χ1v) is 12.0. The molecule has 33 heavy (non-hydrogen) atoms. The molecule has 0 aliphatic carbocycles. The summed E-state index contributed by atoms with van der Waals surface area (Å²) in [6.07, 6.45) is 0. The van der Waals surface area contributed by atoms with Crippen LogP contribution in [0.3, 0.4) is 0 Å². The average Bonchev–Trinajstić information content (AvgIpc) is 3.27. The maximum atomic E-state index is 13.9. The Morgan fingerprint density at radius 3 is 2.48 bits per heavy atom. The van der Waals surface area contributed by atoms with Crippen LogP contribution in [0.2, 0.25) is 10.0 Å². The van der Waals surface area contributed by atoms with Gasteiger partial charge in [0.15, 0.2) is 0 Å². The number of thiophene rings is 1. The van der Waals surface area contributed by atoms with Crippen molar-refractivity contribution in [3.8, 4) is 0 Å². The van der Waals surface area contributed by atoms with Crippen LogP contribution < -0.4 is 5.32 Å². The molecule has 172 valence electrons. The van der Waals surface area contributed by atoms with Crippen LogP contribution in [0.1, 0.15) is 30.5 Å². The molecule has 0 atom stereocenters. The van der Waals surface area contributed by atoms with Crippen molar-refractivity contribution in [1.29, 1.82) is 0 Å². The summed E-state index contributed by atoms with van der Waals surface area (Å²) in [7, 11) is 0. The van der Waals surface area contributed by atoms with Gasteiger partial charge in [0.05, 0.1) is 10.4 Å². The highest BCUT2D eigenvalue weighted by atomic mass is 35.5. The van der Waals surface area contributed by atoms with Crippen LogP contribution >= 0.6 is 34.5 Å². The summed E-state index contributed by atoms with van der Waals surface area (Å²) >= 11 is 13.5. The molecule has 2 aromatic carbocycles. The first-order valence-electron chi connectivity index (χ1n) is 10.5. The Balaban J connectivity index is 1.27. The Bertz CT molecular complexity index is 1160. The molecule has 3 aromatic rings. The molecule has 0 spiro atoms. The van der Waals surface area contributed by atoms with E-state index in [1.807, 2.05) is 12.1 Å². The zero-order valence-electron chi connectivity index (χ0n) is 17.7. The second kappa shape index (κ2) is 10.7. The van der Waals surface area contributed by atoms with Crippen molar-refractivity contribution in [2.24, 2.45) is 0 Å². The Labute approximate surface area is 205 Å². The fraction of sp³-hybridized carbons (Fsp3) is 0.250. The van der Waals surface area contributed by atoms with Crippen molar-refractivity contribution in [3.63, 3.8) is 0 Å². The minimum absolute atomic E-state index is 0.111. The molecule has 2 heterocycles. The van der Waals surface area contributed by atoms with Gasteiger partial charge in [0, 0.05) is 54.2 Å². The fourth-order valence-electron chi connectivity index (χ4n) is 3.65. The lowest BCUT2D eigenvalue weighted by atomic mass is 10.1. The van der Waals surface area contributed by atoms with E-state index in [-0.39, 0.29) is 17.4 Å². The highest BCUT2D eigenvalue weighted by molar-refractivity contribution is 7.14. The summed E-state index contributed by atoms with van der Waals surface area (Å²) in [4.78, 5) is 30.7. The van der Waals surface area contributed by atoms with Crippen molar-refractivity contribution in [2.75, 3.05) is 26.2 Å². The largest absolute Gasteiger partial charge is 0.347 e. The van der Waals surface area contributed by atoms with Crippen molar-refractivity contribution in [1.82, 2.24) is 15.1 Å². The highest BCUT2D eigenvalue weighted by Gasteiger charge is 2.24. The van der Waals surface area contributed by atoms with Gasteiger partial charge in [-0.05, 0) is 42.0 Å². The van der Waals surface area contributed by atoms with Crippen LogP contribution in [0, 0.1) is 5.82 Å². The van der Waals surface area contributed by atoms with E-state index in [4.69, 9.17) is 23.2 Å². The minimum atomic E-state index is -0.493. The number of amides is 2. The second-order valence-corrected chi connectivity index (χ2v) is 9.74. The summed E-state index contributed by atoms with van der Waals surface area (Å²) in [6, 6.07) is 15.0. The summed E-state index contributed by atoms with van der Waals surface area (Å²) in [5, 5.41) is 3.95. The van der Waals surface area contributed by atoms with Gasteiger partial charge in [0.2, 0.25) is 0 Å². The van der Waals surface area contributed by atoms with Crippen LogP contribution in [0.5, 0.6) is 0 Å². The van der Waals surface area contributed by atoms with E-state index in [0.29, 0.717) is 54.2 Å². The number of piperazine rings is 1. The number of carbonyl (C=O) groups excluding carboxylic acids is 2. The monoisotopic (exact) mass is 505 g/mol. The summed E-state index contributed by atoms with van der Waals surface area (Å²) in [5.41, 5.74) is 0.911. The Morgan fingerprint density at radius 1 is 1.00 bits per heavy atom. The maximum absolute atomic E-state index is 13.9. The molecule has 1 fully saturated rings. The first-order chi connectivity index (χ1) is 15.9. The topological polar surface area (TPSA) is 52.7 Å². The van der Waals surface area contributed by atoms with Gasteiger partial charge in [0.1, 0.15) is 5.82 Å². The number of nitrogens with one attached hydrogen (secondary N) is 1. The van der Waals surface area contributed by atoms with E-state index in [2.05, 4.69) is 10.2 Å². The third-order valence-corrected chi connectivity index (χ3v) is 7.14.